The minimum atomic E-state index is -3.28. The third kappa shape index (κ3) is 9.52. The summed E-state index contributed by atoms with van der Waals surface area (Å²) in [6.45, 7) is 6.60. The van der Waals surface area contributed by atoms with Crippen LogP contribution in [0.2, 0.25) is 5.04 Å². The number of benzene rings is 8. The summed E-state index contributed by atoms with van der Waals surface area (Å²) in [7, 11) is 0.00261. The van der Waals surface area contributed by atoms with E-state index in [0.29, 0.717) is 17.0 Å². The van der Waals surface area contributed by atoms with Gasteiger partial charge >= 0.3 is 6.08 Å². The second kappa shape index (κ2) is 22.2. The molecule has 0 unspecified atom stereocenters. The normalized spacial score (nSPS) is 16.7. The molecule has 0 spiro atoms. The summed E-state index contributed by atoms with van der Waals surface area (Å²) in [5, 5.41) is 5.48. The number of anilines is 1. The van der Waals surface area contributed by atoms with Crippen molar-refractivity contribution in [2.75, 3.05) is 26.1 Å². The first-order valence-electron chi connectivity index (χ1n) is 26.8. The zero-order valence-corrected chi connectivity index (χ0v) is 46.4. The molecule has 0 saturated carbocycles. The fraction of sp³-hybridized carbons (Fsp3) is 0.191. The largest absolute Gasteiger partial charge is 0.497 e. The van der Waals surface area contributed by atoms with E-state index in [0.717, 1.165) is 43.8 Å². The highest BCUT2D eigenvalue weighted by atomic mass is 28.4. The van der Waals surface area contributed by atoms with Gasteiger partial charge in [-0.3, -0.25) is 4.57 Å². The molecule has 80 heavy (non-hydrogen) atoms. The van der Waals surface area contributed by atoms with Gasteiger partial charge in [-0.15, -0.1) is 6.42 Å². The number of nitrogens with zero attached hydrogens (tertiary/aromatic N) is 4. The van der Waals surface area contributed by atoms with Crippen LogP contribution >= 0.6 is 0 Å². The van der Waals surface area contributed by atoms with Crippen molar-refractivity contribution in [2.45, 2.75) is 61.3 Å². The topological polar surface area (TPSA) is 102 Å². The van der Waals surface area contributed by atoms with E-state index >= 15 is 4.39 Å². The Morgan fingerprint density at radius 2 is 1.04 bits per heavy atom. The molecule has 3 heterocycles. The zero-order valence-electron chi connectivity index (χ0n) is 45.4. The molecule has 1 saturated heterocycles. The SMILES string of the molecule is C#C[C@]1(CO[Si](c2ccccc2)(c2ccccc2)C(C)(C)C)O[C@@H](n2cnc3c(NC(c4ccccc4)(c4ccccc4)c4ccc(OC)cc4)nc(F)nc32)C[C@@H]1OC(c1ccccc1)(c1ccccc1)c1ccc(OC)cc1. The van der Waals surface area contributed by atoms with Gasteiger partial charge in [0.1, 0.15) is 35.0 Å². The summed E-state index contributed by atoms with van der Waals surface area (Å²) < 4.78 is 53.0. The second-order valence-corrected chi connectivity index (χ2v) is 25.3. The first-order valence-corrected chi connectivity index (χ1v) is 28.7. The average molecular weight is 1080 g/mol. The third-order valence-corrected chi connectivity index (χ3v) is 20.6. The van der Waals surface area contributed by atoms with Crippen LogP contribution in [0.25, 0.3) is 11.2 Å². The number of rotatable bonds is 18. The van der Waals surface area contributed by atoms with Crippen molar-refractivity contribution >= 4 is 35.7 Å². The summed E-state index contributed by atoms with van der Waals surface area (Å²) in [6, 6.07) is 76.8. The monoisotopic (exact) mass is 1080 g/mol. The lowest BCUT2D eigenvalue weighted by atomic mass is 9.77. The molecular formula is C68H62FN5O5Si. The first-order chi connectivity index (χ1) is 39.0. The molecule has 3 atom stereocenters. The van der Waals surface area contributed by atoms with Gasteiger partial charge in [0, 0.05) is 6.42 Å². The van der Waals surface area contributed by atoms with Gasteiger partial charge in [0.25, 0.3) is 8.32 Å². The average Bonchev–Trinajstić information content (AvgIpc) is 4.25. The molecule has 10 aromatic rings. The van der Waals surface area contributed by atoms with Gasteiger partial charge in [0.2, 0.25) is 0 Å². The number of aromatic nitrogens is 4. The van der Waals surface area contributed by atoms with E-state index < -0.39 is 48.5 Å². The van der Waals surface area contributed by atoms with Crippen LogP contribution in [0.4, 0.5) is 10.2 Å². The predicted molar refractivity (Wildman–Crippen MR) is 315 cm³/mol. The van der Waals surface area contributed by atoms with Crippen molar-refractivity contribution < 1.29 is 27.8 Å². The molecule has 2 aromatic heterocycles. The molecule has 8 aromatic carbocycles. The van der Waals surface area contributed by atoms with Crippen LogP contribution in [0.3, 0.4) is 0 Å². The van der Waals surface area contributed by atoms with Crippen molar-refractivity contribution in [1.82, 2.24) is 19.5 Å². The quantitative estimate of drug-likeness (QED) is 0.0390. The van der Waals surface area contributed by atoms with E-state index in [9.17, 15) is 0 Å². The maximum Gasteiger partial charge on any atom is 0.312 e. The van der Waals surface area contributed by atoms with Gasteiger partial charge in [0.15, 0.2) is 22.6 Å². The summed E-state index contributed by atoms with van der Waals surface area (Å²) in [5.74, 6) is 4.71. The molecule has 1 aliphatic rings. The number of imidazole rings is 1. The Labute approximate surface area is 468 Å². The van der Waals surface area contributed by atoms with E-state index in [4.69, 9.17) is 34.8 Å². The van der Waals surface area contributed by atoms with Crippen LogP contribution in [0.15, 0.2) is 237 Å². The number of ether oxygens (including phenoxy) is 4. The van der Waals surface area contributed by atoms with Crippen LogP contribution in [0.5, 0.6) is 11.5 Å². The molecule has 12 heteroatoms. The van der Waals surface area contributed by atoms with Crippen molar-refractivity contribution in [3.05, 3.63) is 276 Å². The molecule has 0 radical (unpaired) electrons. The van der Waals surface area contributed by atoms with E-state index in [2.05, 4.69) is 115 Å². The van der Waals surface area contributed by atoms with Crippen molar-refractivity contribution in [3.63, 3.8) is 0 Å². The Kier molecular flexibility index (Phi) is 14.8. The smallest absolute Gasteiger partial charge is 0.312 e. The Morgan fingerprint density at radius 3 is 1.49 bits per heavy atom. The highest BCUT2D eigenvalue weighted by molar-refractivity contribution is 6.99. The summed E-state index contributed by atoms with van der Waals surface area (Å²) >= 11 is 0. The number of hydrogen-bond donors (Lipinski definition) is 1. The maximum absolute atomic E-state index is 16.7. The van der Waals surface area contributed by atoms with Gasteiger partial charge in [-0.25, -0.2) is 4.98 Å². The van der Waals surface area contributed by atoms with Crippen LogP contribution in [0.1, 0.15) is 66.8 Å². The lowest BCUT2D eigenvalue weighted by molar-refractivity contribution is -0.131. The predicted octanol–water partition coefficient (Wildman–Crippen LogP) is 12.6. The molecule has 10 nitrogen and oxygen atoms in total. The van der Waals surface area contributed by atoms with Gasteiger partial charge in [-0.1, -0.05) is 233 Å². The van der Waals surface area contributed by atoms with Gasteiger partial charge in [-0.2, -0.15) is 14.4 Å². The lowest BCUT2D eigenvalue weighted by Crippen LogP contribution is -2.68. The third-order valence-electron chi connectivity index (χ3n) is 15.6. The van der Waals surface area contributed by atoms with Crippen LogP contribution in [-0.2, 0) is 25.0 Å². The van der Waals surface area contributed by atoms with Crippen LogP contribution < -0.4 is 25.2 Å². The minimum Gasteiger partial charge on any atom is -0.497 e. The van der Waals surface area contributed by atoms with Crippen LogP contribution in [0, 0.1) is 18.4 Å². The molecule has 1 aliphatic heterocycles. The summed E-state index contributed by atoms with van der Waals surface area (Å²) in [5.41, 5.74) is 1.63. The molecule has 11 rings (SSSR count). The Balaban J connectivity index is 1.09. The number of nitrogens with one attached hydrogen (secondary N) is 1. The maximum atomic E-state index is 16.7. The number of methoxy groups -OCH3 is 2. The van der Waals surface area contributed by atoms with E-state index in [1.165, 1.54) is 0 Å². The van der Waals surface area contributed by atoms with Crippen molar-refractivity contribution in [3.8, 4) is 23.8 Å². The Bertz CT molecular complexity index is 3600. The summed E-state index contributed by atoms with van der Waals surface area (Å²) in [4.78, 5) is 14.0. The number of hydrogen-bond acceptors (Lipinski definition) is 9. The highest BCUT2D eigenvalue weighted by Gasteiger charge is 2.58. The van der Waals surface area contributed by atoms with Gasteiger partial charge < -0.3 is 28.7 Å². The molecule has 1 fully saturated rings. The van der Waals surface area contributed by atoms with E-state index in [1.807, 2.05) is 158 Å². The molecular weight excluding hydrogens is 1010 g/mol. The first kappa shape index (κ1) is 53.3. The number of fused-ring (bicyclic) bond motifs is 1. The highest BCUT2D eigenvalue weighted by Crippen LogP contribution is 2.50. The second-order valence-electron chi connectivity index (χ2n) is 21.0. The molecule has 0 bridgehead atoms. The fourth-order valence-electron chi connectivity index (χ4n) is 11.7. The number of halogens is 1. The number of terminal acetylenes is 1. The lowest BCUT2D eigenvalue weighted by Gasteiger charge is -2.46. The van der Waals surface area contributed by atoms with Gasteiger partial charge in [-0.05, 0) is 73.1 Å². The molecule has 0 aliphatic carbocycles. The van der Waals surface area contributed by atoms with Crippen molar-refractivity contribution in [1.29, 1.82) is 0 Å². The molecule has 400 valence electrons. The zero-order chi connectivity index (χ0) is 55.4. The molecule has 0 amide bonds. The minimum absolute atomic E-state index is 0.0818. The standard InChI is InChI=1S/C68H62FN5O5Si/c1-7-66(47-77-80(65(2,3)4,57-34-22-12-23-35-57)58-36-24-13-25-37-58)59(78-68(52-30-18-10-19-31-52,53-32-20-11-21-33-53)54-40-44-56(76-6)45-41-54)46-60(79-66)74-48-70-61-62(71-64(69)72-63(61)74)73-67(49-26-14-8-15-27-49,50-28-16-9-17-29-50)51-38-42-55(75-5)43-39-51/h1,8-45,48,59-60H,46-47H2,2-6H3,(H,71,72,73)/t59-,60+,66+/m0/s1. The van der Waals surface area contributed by atoms with E-state index in [1.54, 1.807) is 25.1 Å². The van der Waals surface area contributed by atoms with Crippen LogP contribution in [-0.4, -0.2) is 60.4 Å². The van der Waals surface area contributed by atoms with Crippen molar-refractivity contribution in [2.24, 2.45) is 0 Å². The molecule has 1 N–H and O–H groups in total. The Morgan fingerprint density at radius 1 is 0.613 bits per heavy atom. The summed E-state index contributed by atoms with van der Waals surface area (Å²) in [6.07, 6.45) is 6.00. The van der Waals surface area contributed by atoms with E-state index in [-0.39, 0.29) is 24.5 Å². The Hall–Kier alpha value is -8.70. The fourth-order valence-corrected chi connectivity index (χ4v) is 16.3. The van der Waals surface area contributed by atoms with Gasteiger partial charge in [0.05, 0.1) is 27.2 Å².